The van der Waals surface area contributed by atoms with Gasteiger partial charge in [0.1, 0.15) is 0 Å². The first-order valence-corrected chi connectivity index (χ1v) is 10.7. The molecule has 1 N–H and O–H groups in total. The second-order valence-electron chi connectivity index (χ2n) is 7.83. The first kappa shape index (κ1) is 22.8. The number of anilines is 1. The van der Waals surface area contributed by atoms with Crippen molar-refractivity contribution >= 4 is 28.7 Å². The van der Waals surface area contributed by atoms with Crippen LogP contribution in [0.4, 0.5) is 5.69 Å². The molecule has 0 unspecified atom stereocenters. The van der Waals surface area contributed by atoms with E-state index in [0.29, 0.717) is 28.3 Å². The smallest absolute Gasteiger partial charge is 0.272 e. The van der Waals surface area contributed by atoms with E-state index in [9.17, 15) is 4.79 Å². The Kier molecular flexibility index (Phi) is 6.73. The van der Waals surface area contributed by atoms with Crippen molar-refractivity contribution in [2.24, 2.45) is 5.10 Å². The van der Waals surface area contributed by atoms with Gasteiger partial charge in [0.05, 0.1) is 37.2 Å². The number of hydrazone groups is 1. The molecule has 4 rings (SSSR count). The summed E-state index contributed by atoms with van der Waals surface area (Å²) in [6.45, 7) is 0. The number of carbonyl (C=O) groups excluding carboxylic acids is 1. The summed E-state index contributed by atoms with van der Waals surface area (Å²) >= 11 is 0. The van der Waals surface area contributed by atoms with Gasteiger partial charge in [-0.3, -0.25) is 4.79 Å². The molecule has 3 aromatic carbocycles. The Morgan fingerprint density at radius 1 is 0.941 bits per heavy atom. The van der Waals surface area contributed by atoms with Gasteiger partial charge in [-0.2, -0.15) is 5.10 Å². The summed E-state index contributed by atoms with van der Waals surface area (Å²) in [5.41, 5.74) is 7.27. The zero-order valence-corrected chi connectivity index (χ0v) is 19.6. The van der Waals surface area contributed by atoms with Gasteiger partial charge >= 0.3 is 0 Å². The van der Waals surface area contributed by atoms with Gasteiger partial charge < -0.3 is 14.4 Å². The molecule has 7 heteroatoms. The number of ether oxygens (including phenoxy) is 2. The van der Waals surface area contributed by atoms with Gasteiger partial charge in [-0.05, 0) is 48.0 Å². The molecule has 0 saturated heterocycles. The van der Waals surface area contributed by atoms with Crippen LogP contribution in [0.5, 0.6) is 11.5 Å². The molecule has 1 amide bonds. The van der Waals surface area contributed by atoms with E-state index in [2.05, 4.69) is 10.5 Å². The second kappa shape index (κ2) is 10.0. The predicted molar refractivity (Wildman–Crippen MR) is 136 cm³/mol. The summed E-state index contributed by atoms with van der Waals surface area (Å²) < 4.78 is 10.8. The number of carbonyl (C=O) groups is 1. The fourth-order valence-electron chi connectivity index (χ4n) is 3.59. The molecule has 0 aliphatic rings. The molecule has 0 saturated carbocycles. The molecule has 7 nitrogen and oxygen atoms in total. The van der Waals surface area contributed by atoms with Crippen molar-refractivity contribution in [2.75, 3.05) is 33.2 Å². The minimum Gasteiger partial charge on any atom is -0.493 e. The van der Waals surface area contributed by atoms with Crippen LogP contribution in [-0.2, 0) is 0 Å². The highest BCUT2D eigenvalue weighted by Gasteiger charge is 2.15. The lowest BCUT2D eigenvalue weighted by Gasteiger charge is -2.12. The third kappa shape index (κ3) is 4.83. The Morgan fingerprint density at radius 2 is 1.68 bits per heavy atom. The maximum Gasteiger partial charge on any atom is 0.272 e. The Bertz CT molecular complexity index is 1350. The van der Waals surface area contributed by atoms with Crippen LogP contribution in [0.2, 0.25) is 0 Å². The van der Waals surface area contributed by atoms with Gasteiger partial charge in [0.2, 0.25) is 0 Å². The summed E-state index contributed by atoms with van der Waals surface area (Å²) in [4.78, 5) is 19.9. The van der Waals surface area contributed by atoms with E-state index in [4.69, 9.17) is 14.5 Å². The number of amides is 1. The first-order chi connectivity index (χ1) is 16.5. The summed E-state index contributed by atoms with van der Waals surface area (Å²) in [7, 11) is 7.14. The van der Waals surface area contributed by atoms with Crippen molar-refractivity contribution in [1.29, 1.82) is 0 Å². The van der Waals surface area contributed by atoms with E-state index in [0.717, 1.165) is 22.2 Å². The monoisotopic (exact) mass is 454 g/mol. The second-order valence-corrected chi connectivity index (χ2v) is 7.83. The lowest BCUT2D eigenvalue weighted by Crippen LogP contribution is -2.18. The molecular weight excluding hydrogens is 428 g/mol. The van der Waals surface area contributed by atoms with Crippen LogP contribution < -0.4 is 19.8 Å². The fourth-order valence-corrected chi connectivity index (χ4v) is 3.59. The molecule has 0 radical (unpaired) electrons. The topological polar surface area (TPSA) is 76.0 Å². The van der Waals surface area contributed by atoms with E-state index in [-0.39, 0.29) is 5.91 Å². The number of rotatable bonds is 7. The maximum atomic E-state index is 13.1. The van der Waals surface area contributed by atoms with Crippen LogP contribution >= 0.6 is 0 Å². The molecule has 0 spiro atoms. The van der Waals surface area contributed by atoms with Gasteiger partial charge in [0, 0.05) is 30.7 Å². The van der Waals surface area contributed by atoms with E-state index in [1.807, 2.05) is 85.7 Å². The summed E-state index contributed by atoms with van der Waals surface area (Å²) in [5, 5.41) is 4.90. The number of fused-ring (bicyclic) bond motifs is 1. The number of para-hydroxylation sites is 1. The molecular formula is C27H26N4O3. The fraction of sp³-hybridized carbons (Fsp3) is 0.148. The van der Waals surface area contributed by atoms with Crippen LogP contribution in [0.1, 0.15) is 15.9 Å². The maximum absolute atomic E-state index is 13.1. The molecule has 0 bridgehead atoms. The first-order valence-electron chi connectivity index (χ1n) is 10.7. The number of hydrogen-bond acceptors (Lipinski definition) is 6. The molecule has 0 atom stereocenters. The minimum absolute atomic E-state index is 0.318. The molecule has 4 aromatic rings. The van der Waals surface area contributed by atoms with Crippen molar-refractivity contribution in [1.82, 2.24) is 10.4 Å². The van der Waals surface area contributed by atoms with Crippen molar-refractivity contribution in [3.63, 3.8) is 0 Å². The summed E-state index contributed by atoms with van der Waals surface area (Å²) in [5.74, 6) is 0.894. The average Bonchev–Trinajstić information content (AvgIpc) is 2.87. The third-order valence-electron chi connectivity index (χ3n) is 5.43. The molecule has 1 heterocycles. The quantitative estimate of drug-likeness (QED) is 0.322. The van der Waals surface area contributed by atoms with E-state index >= 15 is 0 Å². The number of nitrogens with zero attached hydrogens (tertiary/aromatic N) is 3. The Hall–Kier alpha value is -4.39. The van der Waals surface area contributed by atoms with E-state index < -0.39 is 0 Å². The van der Waals surface area contributed by atoms with E-state index in [1.54, 1.807) is 26.5 Å². The highest BCUT2D eigenvalue weighted by atomic mass is 16.5. The van der Waals surface area contributed by atoms with Crippen molar-refractivity contribution in [3.05, 3.63) is 83.9 Å². The number of nitrogens with one attached hydrogen (secondary N) is 1. The van der Waals surface area contributed by atoms with Crippen LogP contribution in [-0.4, -0.2) is 45.4 Å². The Labute approximate surface area is 198 Å². The van der Waals surface area contributed by atoms with Crippen molar-refractivity contribution in [2.45, 2.75) is 0 Å². The van der Waals surface area contributed by atoms with Crippen LogP contribution in [0.25, 0.3) is 22.2 Å². The minimum atomic E-state index is -0.318. The predicted octanol–water partition coefficient (Wildman–Crippen LogP) is 4.75. The number of benzene rings is 3. The SMILES string of the molecule is COc1ccc(-c2cc(C(=O)N/N=C/c3ccc(N(C)C)cc3)c3ccccc3n2)cc1OC. The normalized spacial score (nSPS) is 10.9. The van der Waals surface area contributed by atoms with Gasteiger partial charge in [0.15, 0.2) is 11.5 Å². The molecule has 0 aliphatic carbocycles. The zero-order chi connectivity index (χ0) is 24.1. The Balaban J connectivity index is 1.64. The molecule has 34 heavy (non-hydrogen) atoms. The molecule has 0 aliphatic heterocycles. The molecule has 172 valence electrons. The van der Waals surface area contributed by atoms with Gasteiger partial charge in [-0.1, -0.05) is 30.3 Å². The lowest BCUT2D eigenvalue weighted by molar-refractivity contribution is 0.0956. The highest BCUT2D eigenvalue weighted by Crippen LogP contribution is 2.33. The van der Waals surface area contributed by atoms with Crippen molar-refractivity contribution in [3.8, 4) is 22.8 Å². The van der Waals surface area contributed by atoms with Crippen LogP contribution in [0.15, 0.2) is 77.9 Å². The average molecular weight is 455 g/mol. The van der Waals surface area contributed by atoms with E-state index in [1.165, 1.54) is 0 Å². The number of pyridine rings is 1. The lowest BCUT2D eigenvalue weighted by atomic mass is 10.0. The standard InChI is InChI=1S/C27H26N4O3/c1-31(2)20-12-9-18(10-13-20)17-28-30-27(32)22-16-24(29-23-8-6-5-7-21(22)23)19-11-14-25(33-3)26(15-19)34-4/h5-17H,1-4H3,(H,30,32)/b28-17+. The summed E-state index contributed by atoms with van der Waals surface area (Å²) in [6.07, 6.45) is 1.62. The zero-order valence-electron chi connectivity index (χ0n) is 19.6. The van der Waals surface area contributed by atoms with Crippen LogP contribution in [0.3, 0.4) is 0 Å². The Morgan fingerprint density at radius 3 is 2.38 bits per heavy atom. The largest absolute Gasteiger partial charge is 0.493 e. The number of methoxy groups -OCH3 is 2. The van der Waals surface area contributed by atoms with Gasteiger partial charge in [-0.25, -0.2) is 10.4 Å². The third-order valence-corrected chi connectivity index (χ3v) is 5.43. The molecule has 0 fully saturated rings. The van der Waals surface area contributed by atoms with Gasteiger partial charge in [0.25, 0.3) is 5.91 Å². The molecule has 1 aromatic heterocycles. The summed E-state index contributed by atoms with van der Waals surface area (Å²) in [6, 6.07) is 22.7. The highest BCUT2D eigenvalue weighted by molar-refractivity contribution is 6.07. The van der Waals surface area contributed by atoms with Crippen LogP contribution in [0, 0.1) is 0 Å². The van der Waals surface area contributed by atoms with Gasteiger partial charge in [-0.15, -0.1) is 0 Å². The number of aromatic nitrogens is 1. The number of hydrogen-bond donors (Lipinski definition) is 1. The van der Waals surface area contributed by atoms with Crippen molar-refractivity contribution < 1.29 is 14.3 Å².